The lowest BCUT2D eigenvalue weighted by atomic mass is 10.2. The summed E-state index contributed by atoms with van der Waals surface area (Å²) in [6, 6.07) is 0. The summed E-state index contributed by atoms with van der Waals surface area (Å²) in [4.78, 5) is 0. The topological polar surface area (TPSA) is 18.5 Å². The Kier molecular flexibility index (Phi) is 6.98. The molecule has 61 valence electrons. The zero-order valence-corrected chi connectivity index (χ0v) is 6.93. The molecule has 0 fully saturated rings. The van der Waals surface area contributed by atoms with Crippen LogP contribution in [0.15, 0.2) is 0 Å². The van der Waals surface area contributed by atoms with Crippen LogP contribution in [0.2, 0.25) is 0 Å². The molecule has 0 aromatic heterocycles. The fourth-order valence-electron chi connectivity index (χ4n) is 0.703. The van der Waals surface area contributed by atoms with E-state index in [4.69, 9.17) is 9.47 Å². The molecule has 1 unspecified atom stereocenters. The van der Waals surface area contributed by atoms with E-state index >= 15 is 0 Å². The molecular weight excluding hydrogens is 128 g/mol. The minimum absolute atomic E-state index is 0.139. The van der Waals surface area contributed by atoms with Crippen molar-refractivity contribution in [2.45, 2.75) is 25.9 Å². The van der Waals surface area contributed by atoms with Crippen LogP contribution in [0.4, 0.5) is 0 Å². The van der Waals surface area contributed by atoms with E-state index in [2.05, 4.69) is 13.8 Å². The molecule has 1 atom stereocenters. The molecule has 1 radical (unpaired) electrons. The van der Waals surface area contributed by atoms with Crippen molar-refractivity contribution in [1.29, 1.82) is 0 Å². The third kappa shape index (κ3) is 6.05. The highest BCUT2D eigenvalue weighted by molar-refractivity contribution is 4.57. The predicted molar refractivity (Wildman–Crippen MR) is 41.9 cm³/mol. The molecule has 0 aromatic rings. The van der Waals surface area contributed by atoms with Crippen molar-refractivity contribution in [1.82, 2.24) is 0 Å². The van der Waals surface area contributed by atoms with Crippen LogP contribution in [0.3, 0.4) is 0 Å². The van der Waals surface area contributed by atoms with Gasteiger partial charge in [-0.15, -0.1) is 0 Å². The summed E-state index contributed by atoms with van der Waals surface area (Å²) in [6.45, 7) is 7.26. The van der Waals surface area contributed by atoms with Gasteiger partial charge in [-0.05, 0) is 13.3 Å². The highest BCUT2D eigenvalue weighted by atomic mass is 16.5. The largest absolute Gasteiger partial charge is 0.382 e. The summed E-state index contributed by atoms with van der Waals surface area (Å²) in [6.07, 6.45) is 2.30. The van der Waals surface area contributed by atoms with Crippen molar-refractivity contribution in [3.8, 4) is 0 Å². The van der Waals surface area contributed by atoms with Gasteiger partial charge in [0, 0.05) is 7.11 Å². The van der Waals surface area contributed by atoms with Crippen LogP contribution in [-0.4, -0.2) is 26.4 Å². The van der Waals surface area contributed by atoms with E-state index in [-0.39, 0.29) is 6.10 Å². The number of rotatable bonds is 6. The maximum absolute atomic E-state index is 5.29. The van der Waals surface area contributed by atoms with Gasteiger partial charge in [0.15, 0.2) is 0 Å². The molecule has 0 aromatic carbocycles. The molecule has 0 N–H and O–H groups in total. The Balaban J connectivity index is 2.97. The highest BCUT2D eigenvalue weighted by Crippen LogP contribution is 1.98. The third-order valence-electron chi connectivity index (χ3n) is 1.25. The maximum Gasteiger partial charge on any atom is 0.0704 e. The Hall–Kier alpha value is -0.0800. The lowest BCUT2D eigenvalue weighted by Crippen LogP contribution is -2.11. The van der Waals surface area contributed by atoms with E-state index in [1.807, 2.05) is 0 Å². The summed E-state index contributed by atoms with van der Waals surface area (Å²) in [5, 5.41) is 0. The molecule has 0 spiro atoms. The lowest BCUT2D eigenvalue weighted by Gasteiger charge is -2.10. The molecule has 0 heterocycles. The van der Waals surface area contributed by atoms with Gasteiger partial charge in [-0.1, -0.05) is 13.3 Å². The zero-order valence-electron chi connectivity index (χ0n) is 6.93. The van der Waals surface area contributed by atoms with Crippen molar-refractivity contribution in [2.24, 2.45) is 0 Å². The van der Waals surface area contributed by atoms with Crippen molar-refractivity contribution in [3.05, 3.63) is 6.92 Å². The predicted octanol–water partition coefficient (Wildman–Crippen LogP) is 1.65. The molecule has 2 nitrogen and oxygen atoms in total. The molecule has 0 bridgehead atoms. The van der Waals surface area contributed by atoms with E-state index in [1.165, 1.54) is 0 Å². The minimum atomic E-state index is 0.139. The van der Waals surface area contributed by atoms with Crippen molar-refractivity contribution in [3.63, 3.8) is 0 Å². The molecule has 0 rings (SSSR count). The Morgan fingerprint density at radius 2 is 2.10 bits per heavy atom. The van der Waals surface area contributed by atoms with Crippen LogP contribution in [0.1, 0.15) is 19.8 Å². The first-order chi connectivity index (χ1) is 4.81. The number of hydrogen-bond donors (Lipinski definition) is 0. The van der Waals surface area contributed by atoms with E-state index in [9.17, 15) is 0 Å². The number of ether oxygens (including phenoxy) is 2. The first-order valence-corrected chi connectivity index (χ1v) is 3.74. The van der Waals surface area contributed by atoms with Crippen molar-refractivity contribution in [2.75, 3.05) is 20.3 Å². The quantitative estimate of drug-likeness (QED) is 0.529. The Bertz CT molecular complexity index is 64.3. The molecular formula is C8H17O2. The van der Waals surface area contributed by atoms with Gasteiger partial charge in [0.25, 0.3) is 0 Å². The summed E-state index contributed by atoms with van der Waals surface area (Å²) in [5.74, 6) is 0. The average Bonchev–Trinajstić information content (AvgIpc) is 1.89. The average molecular weight is 145 g/mol. The molecule has 0 aliphatic rings. The van der Waals surface area contributed by atoms with E-state index in [0.29, 0.717) is 13.2 Å². The first-order valence-electron chi connectivity index (χ1n) is 3.74. The zero-order chi connectivity index (χ0) is 7.82. The van der Waals surface area contributed by atoms with Gasteiger partial charge in [0.1, 0.15) is 0 Å². The molecule has 0 aliphatic heterocycles. The second-order valence-electron chi connectivity index (χ2n) is 2.27. The number of hydrogen-bond acceptors (Lipinski definition) is 2. The molecule has 10 heavy (non-hydrogen) atoms. The molecule has 2 heteroatoms. The minimum Gasteiger partial charge on any atom is -0.382 e. The van der Waals surface area contributed by atoms with Gasteiger partial charge in [0.2, 0.25) is 0 Å². The summed E-state index contributed by atoms with van der Waals surface area (Å²) >= 11 is 0. The fraction of sp³-hybridized carbons (Fsp3) is 0.875. The Morgan fingerprint density at radius 1 is 1.40 bits per heavy atom. The molecule has 0 saturated heterocycles. The SMILES string of the molecule is [CH2]C(CCC)OCCOC. The number of methoxy groups -OCH3 is 1. The molecule has 0 aliphatic carbocycles. The normalized spacial score (nSPS) is 13.5. The van der Waals surface area contributed by atoms with Gasteiger partial charge < -0.3 is 9.47 Å². The van der Waals surface area contributed by atoms with Gasteiger partial charge in [0.05, 0.1) is 19.3 Å². The summed E-state index contributed by atoms with van der Waals surface area (Å²) in [5.41, 5.74) is 0. The van der Waals surface area contributed by atoms with Crippen molar-refractivity contribution >= 4 is 0 Å². The molecule has 0 saturated carbocycles. The summed E-state index contributed by atoms with van der Waals surface area (Å²) in [7, 11) is 1.67. The van der Waals surface area contributed by atoms with Gasteiger partial charge in [-0.25, -0.2) is 0 Å². The second kappa shape index (κ2) is 7.03. The first kappa shape index (κ1) is 9.92. The molecule has 0 amide bonds. The van der Waals surface area contributed by atoms with Crippen LogP contribution in [0, 0.1) is 6.92 Å². The Morgan fingerprint density at radius 3 is 2.60 bits per heavy atom. The van der Waals surface area contributed by atoms with E-state index < -0.39 is 0 Å². The summed E-state index contributed by atoms with van der Waals surface area (Å²) < 4.78 is 10.1. The van der Waals surface area contributed by atoms with Crippen molar-refractivity contribution < 1.29 is 9.47 Å². The fourth-order valence-corrected chi connectivity index (χ4v) is 0.703. The highest BCUT2D eigenvalue weighted by Gasteiger charge is 1.98. The van der Waals surface area contributed by atoms with Crippen LogP contribution >= 0.6 is 0 Å². The smallest absolute Gasteiger partial charge is 0.0704 e. The standard InChI is InChI=1S/C8H17O2/c1-4-5-8(2)10-7-6-9-3/h8H,2,4-7H2,1,3H3. The monoisotopic (exact) mass is 145 g/mol. The van der Waals surface area contributed by atoms with Gasteiger partial charge in [-0.3, -0.25) is 0 Å². The lowest BCUT2D eigenvalue weighted by molar-refractivity contribution is 0.0345. The van der Waals surface area contributed by atoms with Crippen LogP contribution in [-0.2, 0) is 9.47 Å². The van der Waals surface area contributed by atoms with E-state index in [0.717, 1.165) is 12.8 Å². The maximum atomic E-state index is 5.29. The van der Waals surface area contributed by atoms with E-state index in [1.54, 1.807) is 7.11 Å². The van der Waals surface area contributed by atoms with Crippen LogP contribution in [0.25, 0.3) is 0 Å². The second-order valence-corrected chi connectivity index (χ2v) is 2.27. The third-order valence-corrected chi connectivity index (χ3v) is 1.25. The Labute approximate surface area is 63.5 Å². The van der Waals surface area contributed by atoms with Gasteiger partial charge >= 0.3 is 0 Å². The van der Waals surface area contributed by atoms with Crippen LogP contribution in [0.5, 0.6) is 0 Å². The van der Waals surface area contributed by atoms with Crippen LogP contribution < -0.4 is 0 Å². The van der Waals surface area contributed by atoms with Gasteiger partial charge in [-0.2, -0.15) is 0 Å².